The van der Waals surface area contributed by atoms with Crippen molar-refractivity contribution in [1.29, 1.82) is 0 Å². The first-order valence-electron chi connectivity index (χ1n) is 10.7. The fraction of sp³-hybridized carbons (Fsp3) is 0.160. The number of nitrogens with zero attached hydrogens (tertiary/aromatic N) is 1. The zero-order valence-electron chi connectivity index (χ0n) is 18.4. The van der Waals surface area contributed by atoms with Crippen LogP contribution in [0.3, 0.4) is 0 Å². The van der Waals surface area contributed by atoms with Crippen LogP contribution in [-0.2, 0) is 0 Å². The Labute approximate surface area is 203 Å². The normalized spacial score (nSPS) is 12.0. The lowest BCUT2D eigenvalue weighted by atomic mass is 10.0. The Morgan fingerprint density at radius 1 is 1.11 bits per heavy atom. The first-order chi connectivity index (χ1) is 16.8. The van der Waals surface area contributed by atoms with Gasteiger partial charge < -0.3 is 15.0 Å². The fourth-order valence-electron chi connectivity index (χ4n) is 3.82. The Balaban J connectivity index is 1.68. The van der Waals surface area contributed by atoms with Gasteiger partial charge in [-0.1, -0.05) is 37.3 Å². The number of carbonyl (C=O) groups excluding carboxylic acids is 1. The number of carbonyl (C=O) groups is 1. The van der Waals surface area contributed by atoms with E-state index in [1.54, 1.807) is 31.2 Å². The minimum Gasteiger partial charge on any atom is -0.434 e. The van der Waals surface area contributed by atoms with Gasteiger partial charge in [0.2, 0.25) is 0 Å². The average molecular weight is 500 g/mol. The van der Waals surface area contributed by atoms with E-state index in [0.717, 1.165) is 4.57 Å². The standard InChI is InChI=1S/C25H20F3N3O3S/c1-2-18(15-7-3-6-10-21(15)34-24(27)28)29-22(32)14-11-12-16-19(13-14)30-25(35)31(23(16)33)20-9-5-4-8-17(20)26/h3-13,18,24H,2H2,1H3,(H,29,32)(H,30,35). The molecule has 0 aliphatic rings. The number of halogens is 3. The Hall–Kier alpha value is -3.92. The summed E-state index contributed by atoms with van der Waals surface area (Å²) in [5.74, 6) is -1.11. The molecule has 3 aromatic carbocycles. The zero-order chi connectivity index (χ0) is 25.1. The number of ether oxygens (including phenoxy) is 1. The van der Waals surface area contributed by atoms with Crippen LogP contribution in [0.2, 0.25) is 0 Å². The van der Waals surface area contributed by atoms with Gasteiger partial charge in [-0.25, -0.2) is 8.96 Å². The predicted molar refractivity (Wildman–Crippen MR) is 128 cm³/mol. The molecule has 1 atom stereocenters. The molecular formula is C25H20F3N3O3S. The summed E-state index contributed by atoms with van der Waals surface area (Å²) in [4.78, 5) is 28.9. The van der Waals surface area contributed by atoms with Crippen LogP contribution in [-0.4, -0.2) is 22.1 Å². The lowest BCUT2D eigenvalue weighted by Crippen LogP contribution is -2.29. The highest BCUT2D eigenvalue weighted by molar-refractivity contribution is 7.71. The molecule has 0 fully saturated rings. The number of nitrogens with one attached hydrogen (secondary N) is 2. The number of para-hydroxylation sites is 2. The summed E-state index contributed by atoms with van der Waals surface area (Å²) in [6.07, 6.45) is 0.415. The quantitative estimate of drug-likeness (QED) is 0.321. The van der Waals surface area contributed by atoms with E-state index >= 15 is 0 Å². The van der Waals surface area contributed by atoms with Crippen molar-refractivity contribution in [1.82, 2.24) is 14.9 Å². The van der Waals surface area contributed by atoms with Crippen molar-refractivity contribution in [3.8, 4) is 11.4 Å². The van der Waals surface area contributed by atoms with Crippen LogP contribution in [0.25, 0.3) is 16.6 Å². The Morgan fingerprint density at radius 2 is 1.83 bits per heavy atom. The van der Waals surface area contributed by atoms with Gasteiger partial charge in [-0.05, 0) is 55.0 Å². The fourth-order valence-corrected chi connectivity index (χ4v) is 4.12. The molecule has 2 N–H and O–H groups in total. The topological polar surface area (TPSA) is 76.1 Å². The van der Waals surface area contributed by atoms with E-state index in [4.69, 9.17) is 12.2 Å². The number of alkyl halides is 2. The number of amides is 1. The van der Waals surface area contributed by atoms with Crippen LogP contribution in [0, 0.1) is 10.6 Å². The van der Waals surface area contributed by atoms with E-state index in [9.17, 15) is 22.8 Å². The van der Waals surface area contributed by atoms with E-state index < -0.39 is 29.9 Å². The van der Waals surface area contributed by atoms with Gasteiger partial charge in [0.25, 0.3) is 11.5 Å². The third-order valence-corrected chi connectivity index (χ3v) is 5.76. The molecule has 1 heterocycles. The third-order valence-electron chi connectivity index (χ3n) is 5.48. The summed E-state index contributed by atoms with van der Waals surface area (Å²) in [7, 11) is 0. The zero-order valence-corrected chi connectivity index (χ0v) is 19.2. The highest BCUT2D eigenvalue weighted by Crippen LogP contribution is 2.29. The number of H-pyrrole nitrogens is 1. The van der Waals surface area contributed by atoms with Crippen LogP contribution in [0.1, 0.15) is 35.3 Å². The molecule has 0 aliphatic carbocycles. The second kappa shape index (κ2) is 10.1. The van der Waals surface area contributed by atoms with Crippen molar-refractivity contribution in [3.63, 3.8) is 0 Å². The average Bonchev–Trinajstić information content (AvgIpc) is 2.83. The Morgan fingerprint density at radius 3 is 2.54 bits per heavy atom. The highest BCUT2D eigenvalue weighted by Gasteiger charge is 2.20. The minimum absolute atomic E-state index is 0.0120. The Kier molecular flexibility index (Phi) is 7.02. The number of aromatic amines is 1. The molecule has 0 radical (unpaired) electrons. The van der Waals surface area contributed by atoms with Crippen molar-refractivity contribution in [3.05, 3.63) is 98.8 Å². The maximum Gasteiger partial charge on any atom is 0.387 e. The third kappa shape index (κ3) is 4.97. The SMILES string of the molecule is CCC(NC(=O)c1ccc2c(=O)n(-c3ccccc3F)c(=S)[nH]c2c1)c1ccccc1OC(F)F. The molecule has 0 aliphatic heterocycles. The molecule has 35 heavy (non-hydrogen) atoms. The molecule has 1 unspecified atom stereocenters. The van der Waals surface area contributed by atoms with Gasteiger partial charge in [-0.3, -0.25) is 9.59 Å². The monoisotopic (exact) mass is 499 g/mol. The second-order valence-electron chi connectivity index (χ2n) is 7.63. The van der Waals surface area contributed by atoms with Crippen LogP contribution in [0.5, 0.6) is 5.75 Å². The summed E-state index contributed by atoms with van der Waals surface area (Å²) in [6.45, 7) is -1.20. The summed E-state index contributed by atoms with van der Waals surface area (Å²) in [5.41, 5.74) is 0.409. The largest absolute Gasteiger partial charge is 0.434 e. The van der Waals surface area contributed by atoms with Gasteiger partial charge in [0.15, 0.2) is 4.77 Å². The van der Waals surface area contributed by atoms with Gasteiger partial charge >= 0.3 is 6.61 Å². The highest BCUT2D eigenvalue weighted by atomic mass is 32.1. The van der Waals surface area contributed by atoms with Gasteiger partial charge in [-0.2, -0.15) is 8.78 Å². The Bertz CT molecular complexity index is 1520. The maximum absolute atomic E-state index is 14.3. The smallest absolute Gasteiger partial charge is 0.387 e. The van der Waals surface area contributed by atoms with Gasteiger partial charge in [0, 0.05) is 11.1 Å². The lowest BCUT2D eigenvalue weighted by molar-refractivity contribution is -0.0506. The lowest BCUT2D eigenvalue weighted by Gasteiger charge is -2.20. The molecule has 4 aromatic rings. The van der Waals surface area contributed by atoms with Gasteiger partial charge in [0.1, 0.15) is 11.6 Å². The van der Waals surface area contributed by atoms with Gasteiger partial charge in [0.05, 0.1) is 22.6 Å². The number of hydrogen-bond donors (Lipinski definition) is 2. The molecule has 10 heteroatoms. The minimum atomic E-state index is -3.00. The van der Waals surface area contributed by atoms with Crippen LogP contribution < -0.4 is 15.6 Å². The molecule has 0 saturated carbocycles. The van der Waals surface area contributed by atoms with Crippen LogP contribution in [0.4, 0.5) is 13.2 Å². The maximum atomic E-state index is 14.3. The number of hydrogen-bond acceptors (Lipinski definition) is 4. The first-order valence-corrected chi connectivity index (χ1v) is 11.1. The van der Waals surface area contributed by atoms with Crippen molar-refractivity contribution < 1.29 is 22.7 Å². The van der Waals surface area contributed by atoms with E-state index in [-0.39, 0.29) is 27.2 Å². The van der Waals surface area contributed by atoms with Crippen molar-refractivity contribution in [2.45, 2.75) is 26.0 Å². The number of benzene rings is 3. The molecule has 0 saturated heterocycles. The summed E-state index contributed by atoms with van der Waals surface area (Å²) in [6, 6.07) is 15.8. The summed E-state index contributed by atoms with van der Waals surface area (Å²) < 4.78 is 45.5. The van der Waals surface area contributed by atoms with Crippen LogP contribution in [0.15, 0.2) is 71.5 Å². The predicted octanol–water partition coefficient (Wildman–Crippen LogP) is 5.67. The second-order valence-corrected chi connectivity index (χ2v) is 8.02. The van der Waals surface area contributed by atoms with Crippen molar-refractivity contribution in [2.24, 2.45) is 0 Å². The van der Waals surface area contributed by atoms with E-state index in [1.165, 1.54) is 42.5 Å². The summed E-state index contributed by atoms with van der Waals surface area (Å²) >= 11 is 5.28. The molecule has 1 amide bonds. The van der Waals surface area contributed by atoms with Crippen molar-refractivity contribution >= 4 is 29.0 Å². The number of rotatable bonds is 7. The molecule has 1 aromatic heterocycles. The number of fused-ring (bicyclic) bond motifs is 1. The molecule has 4 rings (SSSR count). The van der Waals surface area contributed by atoms with E-state index in [2.05, 4.69) is 15.0 Å². The van der Waals surface area contributed by atoms with Crippen LogP contribution >= 0.6 is 12.2 Å². The molecule has 6 nitrogen and oxygen atoms in total. The molecular weight excluding hydrogens is 479 g/mol. The molecule has 0 spiro atoms. The van der Waals surface area contributed by atoms with E-state index in [0.29, 0.717) is 17.5 Å². The van der Waals surface area contributed by atoms with E-state index in [1.807, 2.05) is 0 Å². The van der Waals surface area contributed by atoms with Gasteiger partial charge in [-0.15, -0.1) is 0 Å². The number of aromatic nitrogens is 2. The summed E-state index contributed by atoms with van der Waals surface area (Å²) in [5, 5.41) is 3.02. The molecule has 180 valence electrons. The first kappa shape index (κ1) is 24.2. The van der Waals surface area contributed by atoms with Crippen molar-refractivity contribution in [2.75, 3.05) is 0 Å². The molecule has 0 bridgehead atoms.